The van der Waals surface area contributed by atoms with E-state index in [0.717, 1.165) is 61.8 Å². The molecule has 0 aromatic heterocycles. The van der Waals surface area contributed by atoms with Crippen LogP contribution in [0.4, 0.5) is 0 Å². The molecule has 0 fully saturated rings. The molecule has 3 rings (SSSR count). The predicted molar refractivity (Wildman–Crippen MR) is 156 cm³/mol. The van der Waals surface area contributed by atoms with Crippen LogP contribution in [0.1, 0.15) is 68.6 Å². The minimum atomic E-state index is 0.632. The van der Waals surface area contributed by atoms with Crippen molar-refractivity contribution in [2.24, 2.45) is 0 Å². The monoisotopic (exact) mass is 526 g/mol. The van der Waals surface area contributed by atoms with E-state index in [1.165, 1.54) is 68.3 Å². The summed E-state index contributed by atoms with van der Waals surface area (Å²) in [5.74, 6) is 3.38. The Balaban J connectivity index is 1.30. The molecule has 0 aliphatic heterocycles. The van der Waals surface area contributed by atoms with Gasteiger partial charge in [0.1, 0.15) is 0 Å². The van der Waals surface area contributed by atoms with Gasteiger partial charge >= 0.3 is 0 Å². The topological polar surface area (TPSA) is 52.2 Å². The zero-order chi connectivity index (χ0) is 27.2. The van der Waals surface area contributed by atoms with Crippen LogP contribution in [0.25, 0.3) is 0 Å². The Hall–Kier alpha value is -2.44. The zero-order valence-corrected chi connectivity index (χ0v) is 24.4. The molecule has 1 aliphatic carbocycles. The Morgan fingerprint density at radius 1 is 0.789 bits per heavy atom. The minimum absolute atomic E-state index is 0.632. The van der Waals surface area contributed by atoms with Crippen LogP contribution in [0.5, 0.6) is 23.0 Å². The summed E-state index contributed by atoms with van der Waals surface area (Å²) >= 11 is 0. The number of unbranched alkanes of at least 4 members (excludes halogenated alkanes) is 3. The molecule has 0 heterocycles. The first-order valence-electron chi connectivity index (χ1n) is 14.5. The summed E-state index contributed by atoms with van der Waals surface area (Å²) in [6.45, 7) is 6.86. The van der Waals surface area contributed by atoms with Gasteiger partial charge < -0.3 is 29.2 Å². The molecule has 6 heteroatoms. The number of hydrogen-bond donors (Lipinski definition) is 1. The van der Waals surface area contributed by atoms with Crippen LogP contribution >= 0.6 is 0 Å². The lowest BCUT2D eigenvalue weighted by molar-refractivity contribution is 0.175. The summed E-state index contributed by atoms with van der Waals surface area (Å²) in [6.07, 6.45) is 11.9. The first kappa shape index (κ1) is 30.1. The Morgan fingerprint density at radius 3 is 2.26 bits per heavy atom. The molecule has 0 radical (unpaired) electrons. The Morgan fingerprint density at radius 2 is 1.53 bits per heavy atom. The van der Waals surface area contributed by atoms with E-state index in [4.69, 9.17) is 18.9 Å². The van der Waals surface area contributed by atoms with Gasteiger partial charge in [0.2, 0.25) is 0 Å². The second-order valence-electron chi connectivity index (χ2n) is 10.3. The summed E-state index contributed by atoms with van der Waals surface area (Å²) in [7, 11) is 6.84. The highest BCUT2D eigenvalue weighted by Gasteiger charge is 2.27. The molecule has 0 amide bonds. The number of fused-ring (bicyclic) bond motifs is 1. The lowest BCUT2D eigenvalue weighted by Gasteiger charge is -2.36. The van der Waals surface area contributed by atoms with E-state index < -0.39 is 0 Å². The second kappa shape index (κ2) is 16.5. The van der Waals surface area contributed by atoms with Gasteiger partial charge in [-0.3, -0.25) is 0 Å². The molecule has 38 heavy (non-hydrogen) atoms. The Labute approximate surface area is 231 Å². The molecule has 6 nitrogen and oxygen atoms in total. The molecule has 1 aliphatic rings. The maximum absolute atomic E-state index is 5.70. The zero-order valence-electron chi connectivity index (χ0n) is 24.4. The predicted octanol–water partition coefficient (Wildman–Crippen LogP) is 6.07. The number of ether oxygens (including phenoxy) is 4. The Bertz CT molecular complexity index is 965. The van der Waals surface area contributed by atoms with Crippen molar-refractivity contribution in [3.63, 3.8) is 0 Å². The van der Waals surface area contributed by atoms with Crippen LogP contribution in [0.3, 0.4) is 0 Å². The summed E-state index contributed by atoms with van der Waals surface area (Å²) in [5, 5.41) is 3.62. The van der Waals surface area contributed by atoms with E-state index in [2.05, 4.69) is 41.4 Å². The fraction of sp³-hybridized carbons (Fsp3) is 0.625. The molecule has 2 aromatic rings. The van der Waals surface area contributed by atoms with Gasteiger partial charge in [0.15, 0.2) is 23.0 Å². The average Bonchev–Trinajstić information content (AvgIpc) is 2.96. The molecule has 0 saturated heterocycles. The van der Waals surface area contributed by atoms with Crippen molar-refractivity contribution in [2.45, 2.75) is 77.2 Å². The Kier molecular flexibility index (Phi) is 13.1. The summed E-state index contributed by atoms with van der Waals surface area (Å²) in [6, 6.07) is 11.1. The minimum Gasteiger partial charge on any atom is -0.493 e. The fourth-order valence-electron chi connectivity index (χ4n) is 5.74. The SMILES string of the molecule is CCCN(CCCCCCNCCCc1ccc(OC)c(OC)c1)[C@H]1CCc2c(ccc(OC)c2OC)C1. The molecule has 212 valence electrons. The molecule has 0 saturated carbocycles. The third kappa shape index (κ3) is 8.54. The standard InChI is InChI=1S/C32H50N2O4/c1-6-21-34(27-15-16-28-26(24-27)14-18-30(36-3)32(28)38-5)22-10-8-7-9-19-33-20-11-12-25-13-17-29(35-2)31(23-25)37-4/h13-14,17-18,23,27,33H,6-12,15-16,19-22,24H2,1-5H3/t27-/m0/s1. The lowest BCUT2D eigenvalue weighted by atomic mass is 9.86. The van der Waals surface area contributed by atoms with Crippen molar-refractivity contribution in [1.82, 2.24) is 10.2 Å². The highest BCUT2D eigenvalue weighted by atomic mass is 16.5. The third-order valence-corrected chi connectivity index (χ3v) is 7.77. The van der Waals surface area contributed by atoms with Gasteiger partial charge in [-0.2, -0.15) is 0 Å². The maximum atomic E-state index is 5.70. The number of benzene rings is 2. The van der Waals surface area contributed by atoms with Crippen LogP contribution in [-0.4, -0.2) is 65.6 Å². The molecule has 1 atom stereocenters. The van der Waals surface area contributed by atoms with Crippen LogP contribution < -0.4 is 24.3 Å². The van der Waals surface area contributed by atoms with Crippen molar-refractivity contribution in [3.8, 4) is 23.0 Å². The van der Waals surface area contributed by atoms with Gasteiger partial charge in [0.05, 0.1) is 28.4 Å². The number of rotatable bonds is 18. The van der Waals surface area contributed by atoms with Crippen LogP contribution in [-0.2, 0) is 19.3 Å². The van der Waals surface area contributed by atoms with Crippen LogP contribution in [0.15, 0.2) is 30.3 Å². The van der Waals surface area contributed by atoms with Gasteiger partial charge in [0.25, 0.3) is 0 Å². The highest BCUT2D eigenvalue weighted by molar-refractivity contribution is 5.52. The molecule has 2 aromatic carbocycles. The van der Waals surface area contributed by atoms with Crippen molar-refractivity contribution < 1.29 is 18.9 Å². The van der Waals surface area contributed by atoms with Crippen molar-refractivity contribution >= 4 is 0 Å². The lowest BCUT2D eigenvalue weighted by Crippen LogP contribution is -2.40. The summed E-state index contributed by atoms with van der Waals surface area (Å²) in [5.41, 5.74) is 4.06. The average molecular weight is 527 g/mol. The van der Waals surface area contributed by atoms with E-state index in [-0.39, 0.29) is 0 Å². The maximum Gasteiger partial charge on any atom is 0.164 e. The first-order chi connectivity index (χ1) is 18.6. The van der Waals surface area contributed by atoms with E-state index >= 15 is 0 Å². The number of nitrogens with zero attached hydrogens (tertiary/aromatic N) is 1. The number of aryl methyl sites for hydroxylation is 1. The second-order valence-corrected chi connectivity index (χ2v) is 10.3. The first-order valence-corrected chi connectivity index (χ1v) is 14.5. The quantitative estimate of drug-likeness (QED) is 0.238. The molecular formula is C32H50N2O4. The van der Waals surface area contributed by atoms with E-state index in [1.54, 1.807) is 28.4 Å². The molecular weight excluding hydrogens is 476 g/mol. The van der Waals surface area contributed by atoms with Crippen molar-refractivity contribution in [3.05, 3.63) is 47.0 Å². The van der Waals surface area contributed by atoms with E-state index in [9.17, 15) is 0 Å². The van der Waals surface area contributed by atoms with Crippen molar-refractivity contribution in [2.75, 3.05) is 54.6 Å². The normalized spacial score (nSPS) is 14.8. The van der Waals surface area contributed by atoms with Gasteiger partial charge in [-0.25, -0.2) is 0 Å². The van der Waals surface area contributed by atoms with E-state index in [1.807, 2.05) is 6.07 Å². The van der Waals surface area contributed by atoms with Gasteiger partial charge in [-0.05, 0) is 107 Å². The molecule has 0 unspecified atom stereocenters. The van der Waals surface area contributed by atoms with Crippen LogP contribution in [0.2, 0.25) is 0 Å². The highest BCUT2D eigenvalue weighted by Crippen LogP contribution is 2.38. The largest absolute Gasteiger partial charge is 0.493 e. The van der Waals surface area contributed by atoms with Gasteiger partial charge in [0, 0.05) is 11.6 Å². The smallest absolute Gasteiger partial charge is 0.164 e. The number of methoxy groups -OCH3 is 4. The number of hydrogen-bond acceptors (Lipinski definition) is 6. The molecule has 1 N–H and O–H groups in total. The summed E-state index contributed by atoms with van der Waals surface area (Å²) < 4.78 is 21.9. The van der Waals surface area contributed by atoms with Crippen LogP contribution in [0, 0.1) is 0 Å². The number of nitrogens with one attached hydrogen (secondary N) is 1. The molecule has 0 spiro atoms. The van der Waals surface area contributed by atoms with Crippen molar-refractivity contribution in [1.29, 1.82) is 0 Å². The van der Waals surface area contributed by atoms with Gasteiger partial charge in [-0.15, -0.1) is 0 Å². The third-order valence-electron chi connectivity index (χ3n) is 7.77. The van der Waals surface area contributed by atoms with Gasteiger partial charge in [-0.1, -0.05) is 31.9 Å². The summed E-state index contributed by atoms with van der Waals surface area (Å²) in [4.78, 5) is 2.74. The van der Waals surface area contributed by atoms with E-state index in [0.29, 0.717) is 6.04 Å². The fourth-order valence-corrected chi connectivity index (χ4v) is 5.74. The molecule has 0 bridgehead atoms.